The summed E-state index contributed by atoms with van der Waals surface area (Å²) in [4.78, 5) is 4.59. The summed E-state index contributed by atoms with van der Waals surface area (Å²) < 4.78 is 0. The highest BCUT2D eigenvalue weighted by Gasteiger charge is 2.21. The van der Waals surface area contributed by atoms with Crippen molar-refractivity contribution in [2.45, 2.75) is 51.5 Å². The summed E-state index contributed by atoms with van der Waals surface area (Å²) in [5.41, 5.74) is 7.63. The number of thiocarbonyl (C=S) groups is 1. The molecule has 1 aromatic heterocycles. The summed E-state index contributed by atoms with van der Waals surface area (Å²) in [5, 5.41) is 3.56. The molecule has 0 bridgehead atoms. The molecular formula is C15H23N3S. The third-order valence-corrected chi connectivity index (χ3v) is 4.21. The molecule has 104 valence electrons. The average molecular weight is 277 g/mol. The maximum atomic E-state index is 5.74. The monoisotopic (exact) mass is 277 g/mol. The first-order valence-electron chi connectivity index (χ1n) is 7.21. The van der Waals surface area contributed by atoms with E-state index in [4.69, 9.17) is 18.0 Å². The molecule has 3 nitrogen and oxygen atoms in total. The van der Waals surface area contributed by atoms with Crippen LogP contribution in [-0.2, 0) is 0 Å². The average Bonchev–Trinajstić information content (AvgIpc) is 2.42. The van der Waals surface area contributed by atoms with Crippen molar-refractivity contribution in [2.75, 3.05) is 5.32 Å². The molecule has 0 radical (unpaired) electrons. The topological polar surface area (TPSA) is 50.9 Å². The summed E-state index contributed by atoms with van der Waals surface area (Å²) in [5.74, 6) is 0.923. The molecule has 1 saturated carbocycles. The summed E-state index contributed by atoms with van der Waals surface area (Å²) in [6, 6.07) is 2.42. The molecule has 1 heterocycles. The lowest BCUT2D eigenvalue weighted by molar-refractivity contribution is 0.319. The van der Waals surface area contributed by atoms with Gasteiger partial charge in [-0.15, -0.1) is 0 Å². The molecule has 1 aliphatic carbocycles. The van der Waals surface area contributed by atoms with Crippen LogP contribution >= 0.6 is 12.2 Å². The molecule has 4 heteroatoms. The zero-order valence-corrected chi connectivity index (χ0v) is 12.4. The van der Waals surface area contributed by atoms with Crippen LogP contribution in [0.1, 0.15) is 51.0 Å². The van der Waals surface area contributed by atoms with Gasteiger partial charge < -0.3 is 11.1 Å². The van der Waals surface area contributed by atoms with Crippen LogP contribution in [0.4, 0.5) is 5.69 Å². The lowest BCUT2D eigenvalue weighted by atomic mass is 9.83. The van der Waals surface area contributed by atoms with Gasteiger partial charge in [0.1, 0.15) is 4.99 Å². The number of nitrogens with zero attached hydrogens (tertiary/aromatic N) is 1. The number of anilines is 1. The van der Waals surface area contributed by atoms with Gasteiger partial charge in [-0.25, -0.2) is 0 Å². The first-order valence-corrected chi connectivity index (χ1v) is 7.62. The quantitative estimate of drug-likeness (QED) is 0.809. The lowest BCUT2D eigenvalue weighted by Crippen LogP contribution is -2.27. The molecule has 1 aliphatic rings. The second-order valence-electron chi connectivity index (χ2n) is 5.44. The van der Waals surface area contributed by atoms with E-state index in [9.17, 15) is 0 Å². The number of hydrogen-bond donors (Lipinski definition) is 2. The van der Waals surface area contributed by atoms with Crippen molar-refractivity contribution in [1.29, 1.82) is 0 Å². The van der Waals surface area contributed by atoms with E-state index in [0.29, 0.717) is 11.0 Å². The highest BCUT2D eigenvalue weighted by molar-refractivity contribution is 7.80. The summed E-state index contributed by atoms with van der Waals surface area (Å²) >= 11 is 5.08. The van der Waals surface area contributed by atoms with Crippen LogP contribution in [0.25, 0.3) is 0 Å². The Morgan fingerprint density at radius 1 is 1.42 bits per heavy atom. The van der Waals surface area contributed by atoms with Crippen molar-refractivity contribution >= 4 is 22.9 Å². The zero-order chi connectivity index (χ0) is 13.7. The predicted octanol–water partition coefficient (Wildman–Crippen LogP) is 3.49. The Kier molecular flexibility index (Phi) is 5.14. The molecule has 3 N–H and O–H groups in total. The SMILES string of the molecule is CCCC1CCC(Nc2cnccc2C(N)=S)CC1. The van der Waals surface area contributed by atoms with E-state index >= 15 is 0 Å². The van der Waals surface area contributed by atoms with Gasteiger partial charge in [0.2, 0.25) is 0 Å². The molecule has 1 aromatic rings. The van der Waals surface area contributed by atoms with Gasteiger partial charge in [0.15, 0.2) is 0 Å². The Labute approximate surface area is 121 Å². The molecule has 0 unspecified atom stereocenters. The van der Waals surface area contributed by atoms with Gasteiger partial charge in [0.05, 0.1) is 11.9 Å². The molecule has 19 heavy (non-hydrogen) atoms. The van der Waals surface area contributed by atoms with Gasteiger partial charge in [0.25, 0.3) is 0 Å². The fraction of sp³-hybridized carbons (Fsp3) is 0.600. The normalized spacial score (nSPS) is 23.0. The van der Waals surface area contributed by atoms with Gasteiger partial charge in [-0.05, 0) is 37.7 Å². The van der Waals surface area contributed by atoms with Gasteiger partial charge in [-0.3, -0.25) is 4.98 Å². The van der Waals surface area contributed by atoms with Crippen LogP contribution in [0.3, 0.4) is 0 Å². The summed E-state index contributed by atoms with van der Waals surface area (Å²) in [7, 11) is 0. The first-order chi connectivity index (χ1) is 9.20. The Morgan fingerprint density at radius 2 is 2.16 bits per heavy atom. The van der Waals surface area contributed by atoms with E-state index in [2.05, 4.69) is 17.2 Å². The Bertz CT molecular complexity index is 425. The molecule has 0 saturated heterocycles. The highest BCUT2D eigenvalue weighted by atomic mass is 32.1. The molecule has 2 rings (SSSR count). The minimum absolute atomic E-state index is 0.435. The molecular weight excluding hydrogens is 254 g/mol. The second-order valence-corrected chi connectivity index (χ2v) is 5.88. The zero-order valence-electron chi connectivity index (χ0n) is 11.6. The third-order valence-electron chi connectivity index (χ3n) is 3.99. The van der Waals surface area contributed by atoms with E-state index in [1.54, 1.807) is 6.20 Å². The highest BCUT2D eigenvalue weighted by Crippen LogP contribution is 2.29. The van der Waals surface area contributed by atoms with Crippen molar-refractivity contribution < 1.29 is 0 Å². The number of aromatic nitrogens is 1. The van der Waals surface area contributed by atoms with E-state index in [-0.39, 0.29) is 0 Å². The predicted molar refractivity (Wildman–Crippen MR) is 84.4 cm³/mol. The second kappa shape index (κ2) is 6.85. The molecule has 0 atom stereocenters. The smallest absolute Gasteiger partial charge is 0.106 e. The van der Waals surface area contributed by atoms with Crippen LogP contribution in [0.15, 0.2) is 18.5 Å². The van der Waals surface area contributed by atoms with E-state index in [1.165, 1.54) is 38.5 Å². The first kappa shape index (κ1) is 14.3. The van der Waals surface area contributed by atoms with Crippen molar-refractivity contribution in [2.24, 2.45) is 11.7 Å². The molecule has 0 aromatic carbocycles. The Morgan fingerprint density at radius 3 is 2.79 bits per heavy atom. The molecule has 1 fully saturated rings. The van der Waals surface area contributed by atoms with Crippen LogP contribution in [-0.4, -0.2) is 16.0 Å². The number of hydrogen-bond acceptors (Lipinski definition) is 3. The number of rotatable bonds is 5. The standard InChI is InChI=1S/C15H23N3S/c1-2-3-11-4-6-12(7-5-11)18-14-10-17-9-8-13(14)15(16)19/h8-12,18H,2-7H2,1H3,(H2,16,19). The minimum atomic E-state index is 0.435. The van der Waals surface area contributed by atoms with E-state index in [0.717, 1.165) is 17.2 Å². The number of nitrogens with one attached hydrogen (secondary N) is 1. The number of pyridine rings is 1. The van der Waals surface area contributed by atoms with Crippen molar-refractivity contribution in [3.8, 4) is 0 Å². The van der Waals surface area contributed by atoms with Crippen LogP contribution < -0.4 is 11.1 Å². The molecule has 0 amide bonds. The van der Waals surface area contributed by atoms with Gasteiger partial charge >= 0.3 is 0 Å². The van der Waals surface area contributed by atoms with Gasteiger partial charge in [-0.2, -0.15) is 0 Å². The van der Waals surface area contributed by atoms with Crippen LogP contribution in [0.2, 0.25) is 0 Å². The maximum absolute atomic E-state index is 5.74. The summed E-state index contributed by atoms with van der Waals surface area (Å²) in [6.07, 6.45) is 11.4. The van der Waals surface area contributed by atoms with Crippen molar-refractivity contribution in [3.05, 3.63) is 24.0 Å². The maximum Gasteiger partial charge on any atom is 0.106 e. The van der Waals surface area contributed by atoms with E-state index < -0.39 is 0 Å². The van der Waals surface area contributed by atoms with Crippen molar-refractivity contribution in [1.82, 2.24) is 4.98 Å². The summed E-state index contributed by atoms with van der Waals surface area (Å²) in [6.45, 7) is 2.27. The Hall–Kier alpha value is -1.16. The minimum Gasteiger partial charge on any atom is -0.389 e. The Balaban J connectivity index is 1.94. The molecule has 0 spiro atoms. The van der Waals surface area contributed by atoms with E-state index in [1.807, 2.05) is 12.3 Å². The van der Waals surface area contributed by atoms with Crippen LogP contribution in [0, 0.1) is 5.92 Å². The van der Waals surface area contributed by atoms with Gasteiger partial charge in [0, 0.05) is 17.8 Å². The van der Waals surface area contributed by atoms with Crippen LogP contribution in [0.5, 0.6) is 0 Å². The fourth-order valence-corrected chi connectivity index (χ4v) is 3.13. The third kappa shape index (κ3) is 3.90. The molecule has 0 aliphatic heterocycles. The fourth-order valence-electron chi connectivity index (χ4n) is 2.95. The largest absolute Gasteiger partial charge is 0.389 e. The number of nitrogens with two attached hydrogens (primary N) is 1. The van der Waals surface area contributed by atoms with Gasteiger partial charge in [-0.1, -0.05) is 32.0 Å². The van der Waals surface area contributed by atoms with Crippen molar-refractivity contribution in [3.63, 3.8) is 0 Å². The lowest BCUT2D eigenvalue weighted by Gasteiger charge is -2.30.